The maximum absolute atomic E-state index is 9.26. The molecule has 0 aromatic carbocycles. The molecule has 116 valence electrons. The quantitative estimate of drug-likeness (QED) is 0.273. The Morgan fingerprint density at radius 2 is 1.89 bits per heavy atom. The minimum absolute atomic E-state index is 0.102. The third kappa shape index (κ3) is 8.12. The van der Waals surface area contributed by atoms with Gasteiger partial charge in [-0.05, 0) is 33.2 Å². The first kappa shape index (κ1) is 19.1. The third-order valence-corrected chi connectivity index (χ3v) is 4.86. The van der Waals surface area contributed by atoms with E-state index in [-0.39, 0.29) is 9.43 Å². The van der Waals surface area contributed by atoms with E-state index >= 15 is 0 Å². The van der Waals surface area contributed by atoms with Crippen LogP contribution in [0.1, 0.15) is 39.5 Å². The molecule has 0 fully saturated rings. The van der Waals surface area contributed by atoms with E-state index in [2.05, 4.69) is 19.2 Å². The van der Waals surface area contributed by atoms with Crippen molar-refractivity contribution in [3.63, 3.8) is 0 Å². The molecule has 1 unspecified atom stereocenters. The number of rotatable bonds is 10. The summed E-state index contributed by atoms with van der Waals surface area (Å²) in [7, 11) is 5.51. The molecular formula is C13H32N3O2S+. The second-order valence-corrected chi connectivity index (χ2v) is 7.54. The minimum atomic E-state index is -1.36. The summed E-state index contributed by atoms with van der Waals surface area (Å²) in [6.45, 7) is 4.26. The summed E-state index contributed by atoms with van der Waals surface area (Å²) in [5.74, 6) is 0.823. The van der Waals surface area contributed by atoms with Gasteiger partial charge in [-0.15, -0.1) is 0 Å². The van der Waals surface area contributed by atoms with Crippen LogP contribution in [0.5, 0.6) is 0 Å². The van der Waals surface area contributed by atoms with Gasteiger partial charge in [0.15, 0.2) is 0 Å². The number of quaternary nitrogens is 1. The maximum Gasteiger partial charge on any atom is 0.314 e. The summed E-state index contributed by atoms with van der Waals surface area (Å²) in [6, 6.07) is 0.334. The average Bonchev–Trinajstić information content (AvgIpc) is 2.28. The first-order chi connectivity index (χ1) is 8.64. The van der Waals surface area contributed by atoms with E-state index in [4.69, 9.17) is 5.73 Å². The molecule has 0 spiro atoms. The van der Waals surface area contributed by atoms with Crippen LogP contribution in [0, 0.1) is 0 Å². The lowest BCUT2D eigenvalue weighted by molar-refractivity contribution is -0.840. The third-order valence-electron chi connectivity index (χ3n) is 3.46. The minimum Gasteiger partial charge on any atom is -0.325 e. The molecule has 0 aliphatic heterocycles. The summed E-state index contributed by atoms with van der Waals surface area (Å²) in [5, 5.41) is 21.8. The second kappa shape index (κ2) is 8.44. The number of hydrogen-bond donors (Lipinski definition) is 4. The lowest BCUT2D eigenvalue weighted by atomic mass is 9.90. The zero-order valence-electron chi connectivity index (χ0n) is 13.0. The van der Waals surface area contributed by atoms with Gasteiger partial charge < -0.3 is 21.3 Å². The van der Waals surface area contributed by atoms with Crippen molar-refractivity contribution in [1.82, 2.24) is 5.32 Å². The van der Waals surface area contributed by atoms with Gasteiger partial charge in [-0.25, -0.2) is 3.89 Å². The van der Waals surface area contributed by atoms with Crippen molar-refractivity contribution in [2.24, 2.45) is 5.73 Å². The molecule has 5 N–H and O–H groups in total. The Kier molecular flexibility index (Phi) is 8.51. The van der Waals surface area contributed by atoms with Crippen LogP contribution < -0.4 is 11.1 Å². The number of aliphatic hydroxyl groups excluding tert-OH is 1. The molecule has 0 radical (unpaired) electrons. The molecule has 0 aromatic rings. The Morgan fingerprint density at radius 1 is 1.32 bits per heavy atom. The number of nitrogens with two attached hydrogens (primary N) is 1. The van der Waals surface area contributed by atoms with E-state index in [0.29, 0.717) is 6.04 Å². The van der Waals surface area contributed by atoms with Crippen LogP contribution in [0.2, 0.25) is 0 Å². The van der Waals surface area contributed by atoms with E-state index in [9.17, 15) is 10.2 Å². The summed E-state index contributed by atoms with van der Waals surface area (Å²) in [5.41, 5.74) is 6.14. The maximum atomic E-state index is 9.26. The Bertz CT molecular complexity index is 248. The Morgan fingerprint density at radius 3 is 2.32 bits per heavy atom. The van der Waals surface area contributed by atoms with Crippen molar-refractivity contribution in [3.8, 4) is 0 Å². The molecule has 2 atom stereocenters. The molecule has 0 heterocycles. The van der Waals surface area contributed by atoms with Crippen LogP contribution in [-0.2, 0) is 0 Å². The van der Waals surface area contributed by atoms with Crippen LogP contribution in [-0.4, -0.2) is 59.0 Å². The largest absolute Gasteiger partial charge is 0.325 e. The van der Waals surface area contributed by atoms with Gasteiger partial charge in [0, 0.05) is 11.6 Å². The van der Waals surface area contributed by atoms with Gasteiger partial charge in [0.1, 0.15) is 0 Å². The van der Waals surface area contributed by atoms with Gasteiger partial charge in [0.2, 0.25) is 0 Å². The summed E-state index contributed by atoms with van der Waals surface area (Å²) in [6.07, 6.45) is 2.75. The van der Waals surface area contributed by atoms with E-state index in [0.717, 1.165) is 31.4 Å². The predicted molar refractivity (Wildman–Crippen MR) is 82.4 cm³/mol. The van der Waals surface area contributed by atoms with Crippen molar-refractivity contribution >= 4 is 11.9 Å². The topological polar surface area (TPSA) is 78.5 Å². The van der Waals surface area contributed by atoms with Crippen LogP contribution in [0.15, 0.2) is 0 Å². The molecule has 0 rings (SSSR count). The number of hydrogen-bond acceptors (Lipinski definition) is 5. The summed E-state index contributed by atoms with van der Waals surface area (Å²) >= 11 is 1.52. The number of aliphatic hydroxyl groups is 2. The lowest BCUT2D eigenvalue weighted by Gasteiger charge is -2.30. The average molecular weight is 294 g/mol. The summed E-state index contributed by atoms with van der Waals surface area (Å²) in [4.78, 5) is 0. The zero-order valence-corrected chi connectivity index (χ0v) is 13.8. The van der Waals surface area contributed by atoms with E-state index in [1.807, 2.05) is 7.05 Å². The highest BCUT2D eigenvalue weighted by Gasteiger charge is 2.27. The molecule has 0 amide bonds. The molecule has 0 aliphatic carbocycles. The van der Waals surface area contributed by atoms with Gasteiger partial charge in [-0.1, -0.05) is 13.3 Å². The van der Waals surface area contributed by atoms with E-state index < -0.39 is 6.41 Å². The van der Waals surface area contributed by atoms with Crippen molar-refractivity contribution in [2.75, 3.05) is 26.9 Å². The fourth-order valence-corrected chi connectivity index (χ4v) is 2.89. The highest BCUT2D eigenvalue weighted by atomic mass is 32.2. The van der Waals surface area contributed by atoms with E-state index in [1.54, 1.807) is 14.1 Å². The molecule has 5 nitrogen and oxygen atoms in total. The highest BCUT2D eigenvalue weighted by molar-refractivity contribution is 7.93. The fraction of sp³-hybridized carbons (Fsp3) is 1.00. The normalized spacial score (nSPS) is 17.5. The van der Waals surface area contributed by atoms with Crippen molar-refractivity contribution < 1.29 is 14.1 Å². The van der Waals surface area contributed by atoms with Gasteiger partial charge in [-0.3, -0.25) is 0 Å². The van der Waals surface area contributed by atoms with Crippen molar-refractivity contribution in [2.45, 2.75) is 57.5 Å². The predicted octanol–water partition coefficient (Wildman–Crippen LogP) is 0.865. The molecule has 0 aliphatic rings. The lowest BCUT2D eigenvalue weighted by Crippen LogP contribution is -2.45. The SMILES string of the molecule is CCC[C@@](C)(N)CCC(CS[N+](C)(C)C(O)O)NC. The molecule has 6 heteroatoms. The molecular weight excluding hydrogens is 262 g/mol. The van der Waals surface area contributed by atoms with Crippen LogP contribution in [0.4, 0.5) is 0 Å². The first-order valence-corrected chi connectivity index (χ1v) is 7.89. The molecule has 19 heavy (non-hydrogen) atoms. The molecule has 0 saturated heterocycles. The van der Waals surface area contributed by atoms with Crippen LogP contribution in [0.3, 0.4) is 0 Å². The van der Waals surface area contributed by atoms with Gasteiger partial charge in [0.05, 0.1) is 31.8 Å². The van der Waals surface area contributed by atoms with E-state index in [1.165, 1.54) is 11.9 Å². The number of nitrogens with one attached hydrogen (secondary N) is 1. The van der Waals surface area contributed by atoms with Crippen LogP contribution in [0.25, 0.3) is 0 Å². The molecule has 0 bridgehead atoms. The highest BCUT2D eigenvalue weighted by Crippen LogP contribution is 2.23. The van der Waals surface area contributed by atoms with Crippen LogP contribution >= 0.6 is 11.9 Å². The smallest absolute Gasteiger partial charge is 0.314 e. The fourth-order valence-electron chi connectivity index (χ4n) is 1.86. The molecule has 0 aromatic heterocycles. The summed E-state index contributed by atoms with van der Waals surface area (Å²) < 4.78 is 0.118. The zero-order chi connectivity index (χ0) is 15.1. The van der Waals surface area contributed by atoms with Crippen molar-refractivity contribution in [1.29, 1.82) is 0 Å². The molecule has 0 saturated carbocycles. The first-order valence-electron chi connectivity index (χ1n) is 6.95. The van der Waals surface area contributed by atoms with Crippen molar-refractivity contribution in [3.05, 3.63) is 0 Å². The monoisotopic (exact) mass is 294 g/mol. The van der Waals surface area contributed by atoms with Gasteiger partial charge in [-0.2, -0.15) is 0 Å². The standard InChI is InChI=1S/C13H32N3O2S/c1-6-8-13(2,14)9-7-11(15-3)10-19-16(4,5)12(17)18/h11-12,15,17-18H,6-10,14H2,1-5H3/q+1/t11?,13-/m1/s1. The second-order valence-electron chi connectivity index (χ2n) is 6.00. The Balaban J connectivity index is 4.16. The van der Waals surface area contributed by atoms with Gasteiger partial charge >= 0.3 is 6.41 Å². The Hall–Kier alpha value is 0.150. The Labute approximate surface area is 122 Å². The number of nitrogens with zero attached hydrogens (tertiary/aromatic N) is 1. The van der Waals surface area contributed by atoms with Gasteiger partial charge in [0.25, 0.3) is 0 Å².